The summed E-state index contributed by atoms with van der Waals surface area (Å²) in [6.07, 6.45) is -0.379. The minimum Gasteiger partial charge on any atom is -0.465 e. The van der Waals surface area contributed by atoms with Crippen molar-refractivity contribution < 1.29 is 28.3 Å². The Labute approximate surface area is 227 Å². The van der Waals surface area contributed by atoms with Crippen molar-refractivity contribution in [1.29, 1.82) is 0 Å². The Morgan fingerprint density at radius 3 is 2.18 bits per heavy atom. The highest BCUT2D eigenvalue weighted by molar-refractivity contribution is 7.80. The monoisotopic (exact) mass is 554 g/mol. The molecule has 1 unspecified atom stereocenters. The van der Waals surface area contributed by atoms with Crippen LogP contribution < -0.4 is 15.6 Å². The number of carbonyl (C=O) groups excluding carboxylic acids is 4. The Hall–Kier alpha value is -4.35. The van der Waals surface area contributed by atoms with Crippen molar-refractivity contribution in [3.8, 4) is 0 Å². The first-order valence-electron chi connectivity index (χ1n) is 11.2. The second-order valence-electron chi connectivity index (χ2n) is 8.09. The van der Waals surface area contributed by atoms with Crippen LogP contribution in [0.15, 0.2) is 72.8 Å². The molecule has 0 aliphatic carbocycles. The fraction of sp³-hybridized carbons (Fsp3) is 0.115. The van der Waals surface area contributed by atoms with E-state index in [1.54, 1.807) is 0 Å². The van der Waals surface area contributed by atoms with E-state index in [0.29, 0.717) is 16.3 Å². The topological polar surface area (TPSA) is 108 Å². The third-order valence-electron chi connectivity index (χ3n) is 5.60. The number of carbonyl (C=O) groups is 4. The Morgan fingerprint density at radius 1 is 0.974 bits per heavy atom. The number of benzene rings is 3. The van der Waals surface area contributed by atoms with E-state index in [1.807, 2.05) is 0 Å². The van der Waals surface area contributed by atoms with Gasteiger partial charge in [-0.25, -0.2) is 14.2 Å². The number of ether oxygens (including phenoxy) is 1. The van der Waals surface area contributed by atoms with Gasteiger partial charge in [-0.15, -0.1) is 0 Å². The Bertz CT molecular complexity index is 1400. The molecule has 12 heteroatoms. The molecule has 1 aliphatic heterocycles. The van der Waals surface area contributed by atoms with E-state index in [4.69, 9.17) is 23.8 Å². The molecular weight excluding hydrogens is 535 g/mol. The summed E-state index contributed by atoms with van der Waals surface area (Å²) in [4.78, 5) is 52.0. The van der Waals surface area contributed by atoms with E-state index in [0.717, 1.165) is 9.91 Å². The fourth-order valence-corrected chi connectivity index (χ4v) is 4.19. The molecule has 1 heterocycles. The largest absolute Gasteiger partial charge is 0.465 e. The van der Waals surface area contributed by atoms with Crippen LogP contribution in [0.5, 0.6) is 0 Å². The molecule has 0 bridgehead atoms. The van der Waals surface area contributed by atoms with E-state index in [2.05, 4.69) is 15.5 Å². The van der Waals surface area contributed by atoms with Gasteiger partial charge in [0.25, 0.3) is 11.8 Å². The molecule has 3 aromatic carbocycles. The highest BCUT2D eigenvalue weighted by atomic mass is 35.5. The molecular formula is C26H20ClFN4O5S. The molecule has 1 aliphatic rings. The molecule has 0 radical (unpaired) electrons. The lowest BCUT2D eigenvalue weighted by Gasteiger charge is -2.24. The van der Waals surface area contributed by atoms with Crippen LogP contribution in [0.2, 0.25) is 5.02 Å². The second-order valence-corrected chi connectivity index (χ2v) is 8.89. The molecule has 1 fully saturated rings. The fourth-order valence-electron chi connectivity index (χ4n) is 3.70. The predicted molar refractivity (Wildman–Crippen MR) is 142 cm³/mol. The lowest BCUT2D eigenvalue weighted by Crippen LogP contribution is -2.49. The molecule has 0 saturated carbocycles. The summed E-state index contributed by atoms with van der Waals surface area (Å²) in [6, 6.07) is 15.9. The number of hydrazine groups is 1. The molecule has 0 aromatic heterocycles. The maximum absolute atomic E-state index is 13.5. The van der Waals surface area contributed by atoms with Crippen LogP contribution in [0.25, 0.3) is 0 Å². The molecule has 4 rings (SSSR count). The first kappa shape index (κ1) is 26.7. The zero-order valence-corrected chi connectivity index (χ0v) is 21.4. The first-order chi connectivity index (χ1) is 18.2. The maximum Gasteiger partial charge on any atom is 0.337 e. The van der Waals surface area contributed by atoms with Crippen molar-refractivity contribution in [2.75, 3.05) is 17.3 Å². The maximum atomic E-state index is 13.5. The SMILES string of the molecule is COC(=O)c1ccc(NC(=O)CC2C(=O)N(c3ccc(F)cc3)C(=S)N2NC(=O)c2ccc(Cl)cc2)cc1. The van der Waals surface area contributed by atoms with Crippen molar-refractivity contribution in [2.45, 2.75) is 12.5 Å². The molecule has 0 spiro atoms. The minimum atomic E-state index is -1.20. The number of thiocarbonyl (C=S) groups is 1. The number of esters is 1. The highest BCUT2D eigenvalue weighted by Gasteiger charge is 2.45. The predicted octanol–water partition coefficient (Wildman–Crippen LogP) is 3.94. The average molecular weight is 555 g/mol. The van der Waals surface area contributed by atoms with Crippen molar-refractivity contribution >= 4 is 64.0 Å². The van der Waals surface area contributed by atoms with E-state index >= 15 is 0 Å². The highest BCUT2D eigenvalue weighted by Crippen LogP contribution is 2.27. The number of nitrogens with zero attached hydrogens (tertiary/aromatic N) is 2. The first-order valence-corrected chi connectivity index (χ1v) is 11.9. The average Bonchev–Trinajstić information content (AvgIpc) is 3.13. The van der Waals surface area contributed by atoms with Gasteiger partial charge in [-0.3, -0.25) is 24.7 Å². The van der Waals surface area contributed by atoms with E-state index < -0.39 is 35.5 Å². The Balaban J connectivity index is 1.56. The number of methoxy groups -OCH3 is 1. The van der Waals surface area contributed by atoms with Crippen molar-refractivity contribution in [3.63, 3.8) is 0 Å². The molecule has 2 N–H and O–H groups in total. The summed E-state index contributed by atoms with van der Waals surface area (Å²) in [5.74, 6) is -2.76. The third kappa shape index (κ3) is 5.79. The number of hydrogen-bond donors (Lipinski definition) is 2. The third-order valence-corrected chi connectivity index (χ3v) is 6.23. The van der Waals surface area contributed by atoms with Gasteiger partial charge in [0, 0.05) is 16.3 Å². The van der Waals surface area contributed by atoms with Crippen LogP contribution in [0.1, 0.15) is 27.1 Å². The van der Waals surface area contributed by atoms with Crippen molar-refractivity contribution in [2.24, 2.45) is 0 Å². The van der Waals surface area contributed by atoms with E-state index in [9.17, 15) is 23.6 Å². The zero-order valence-electron chi connectivity index (χ0n) is 19.8. The van der Waals surface area contributed by atoms with Gasteiger partial charge in [-0.05, 0) is 85.0 Å². The van der Waals surface area contributed by atoms with Crippen LogP contribution in [0.3, 0.4) is 0 Å². The van der Waals surface area contributed by atoms with Crippen LogP contribution in [0.4, 0.5) is 15.8 Å². The summed E-state index contributed by atoms with van der Waals surface area (Å²) >= 11 is 11.4. The Kier molecular flexibility index (Phi) is 7.99. The zero-order chi connectivity index (χ0) is 27.4. The minimum absolute atomic E-state index is 0.0934. The number of anilines is 2. The van der Waals surface area contributed by atoms with Crippen molar-refractivity contribution in [1.82, 2.24) is 10.4 Å². The lowest BCUT2D eigenvalue weighted by molar-refractivity contribution is -0.124. The van der Waals surface area contributed by atoms with Crippen LogP contribution in [0, 0.1) is 5.82 Å². The number of rotatable bonds is 7. The number of halogens is 2. The van der Waals surface area contributed by atoms with Gasteiger partial charge >= 0.3 is 5.97 Å². The van der Waals surface area contributed by atoms with Gasteiger partial charge in [-0.1, -0.05) is 11.6 Å². The van der Waals surface area contributed by atoms with Gasteiger partial charge in [0.1, 0.15) is 11.9 Å². The van der Waals surface area contributed by atoms with Crippen LogP contribution >= 0.6 is 23.8 Å². The molecule has 3 amide bonds. The van der Waals surface area contributed by atoms with Crippen LogP contribution in [-0.2, 0) is 14.3 Å². The molecule has 1 saturated heterocycles. The van der Waals surface area contributed by atoms with E-state index in [1.165, 1.54) is 79.9 Å². The summed E-state index contributed by atoms with van der Waals surface area (Å²) in [5, 5.41) is 4.13. The second kappa shape index (κ2) is 11.4. The van der Waals surface area contributed by atoms with Crippen molar-refractivity contribution in [3.05, 3.63) is 94.8 Å². The molecule has 1 atom stereocenters. The molecule has 3 aromatic rings. The van der Waals surface area contributed by atoms with Gasteiger partial charge < -0.3 is 10.1 Å². The van der Waals surface area contributed by atoms with Gasteiger partial charge in [0.2, 0.25) is 11.0 Å². The molecule has 194 valence electrons. The summed E-state index contributed by atoms with van der Waals surface area (Å²) in [5.41, 5.74) is 3.79. The Morgan fingerprint density at radius 2 is 1.58 bits per heavy atom. The van der Waals surface area contributed by atoms with E-state index in [-0.39, 0.29) is 22.8 Å². The number of hydrogen-bond acceptors (Lipinski definition) is 6. The molecule has 38 heavy (non-hydrogen) atoms. The summed E-state index contributed by atoms with van der Waals surface area (Å²) in [7, 11) is 1.26. The summed E-state index contributed by atoms with van der Waals surface area (Å²) in [6.45, 7) is 0. The van der Waals surface area contributed by atoms with Gasteiger partial charge in [0.15, 0.2) is 0 Å². The number of amides is 3. The normalized spacial score (nSPS) is 14.9. The molecule has 9 nitrogen and oxygen atoms in total. The standard InChI is InChI=1S/C26H20ClFN4O5S/c1-37-25(36)16-4-10-19(11-5-16)29-22(33)14-21-24(35)31(20-12-8-18(28)9-13-20)26(38)32(21)30-23(34)15-2-6-17(27)7-3-15/h2-13,21H,14H2,1H3,(H,29,33)(H,30,34). The quantitative estimate of drug-likeness (QED) is 0.336. The smallest absolute Gasteiger partial charge is 0.337 e. The van der Waals surface area contributed by atoms with Gasteiger partial charge in [0.05, 0.1) is 24.8 Å². The number of nitrogens with one attached hydrogen (secondary N) is 2. The lowest BCUT2D eigenvalue weighted by atomic mass is 10.1. The van der Waals surface area contributed by atoms with Gasteiger partial charge in [-0.2, -0.15) is 0 Å². The summed E-state index contributed by atoms with van der Waals surface area (Å²) < 4.78 is 18.1. The van der Waals surface area contributed by atoms with Crippen LogP contribution in [-0.4, -0.2) is 47.0 Å².